The van der Waals surface area contributed by atoms with Crippen molar-refractivity contribution in [2.24, 2.45) is 5.16 Å². The minimum Gasteiger partial charge on any atom is -0.411 e. The molecule has 3 nitrogen and oxygen atoms in total. The minimum absolute atomic E-state index is 0.0275. The predicted molar refractivity (Wildman–Crippen MR) is 72.7 cm³/mol. The van der Waals surface area contributed by atoms with Gasteiger partial charge in [0.25, 0.3) is 0 Å². The summed E-state index contributed by atoms with van der Waals surface area (Å²) in [6.45, 7) is 0. The molecule has 0 aliphatic rings. The van der Waals surface area contributed by atoms with Crippen molar-refractivity contribution >= 4 is 17.3 Å². The molecule has 0 unspecified atom stereocenters. The van der Waals surface area contributed by atoms with Gasteiger partial charge in [0.05, 0.1) is 16.3 Å². The van der Waals surface area contributed by atoms with Crippen LogP contribution in [0.3, 0.4) is 0 Å². The Morgan fingerprint density at radius 3 is 2.45 bits per heavy atom. The molecule has 1 heterocycles. The van der Waals surface area contributed by atoms with Crippen LogP contribution in [0.5, 0.6) is 0 Å². The number of hydrogen-bond donors (Lipinski definition) is 1. The molecule has 0 aliphatic carbocycles. The number of aromatic nitrogens is 1. The molecule has 22 heavy (non-hydrogen) atoms. The number of pyridine rings is 1. The third kappa shape index (κ3) is 3.73. The van der Waals surface area contributed by atoms with Gasteiger partial charge in [0, 0.05) is 23.9 Å². The molecule has 2 rings (SSSR count). The molecule has 0 saturated carbocycles. The Hall–Kier alpha value is -2.15. The van der Waals surface area contributed by atoms with E-state index in [4.69, 9.17) is 16.8 Å². The second kappa shape index (κ2) is 6.31. The van der Waals surface area contributed by atoms with Crippen LogP contribution < -0.4 is 0 Å². The predicted octanol–water partition coefficient (Wildman–Crippen LogP) is 4.31. The Balaban J connectivity index is 2.24. The van der Waals surface area contributed by atoms with Gasteiger partial charge in [-0.1, -0.05) is 16.8 Å². The average molecular weight is 333 g/mol. The van der Waals surface area contributed by atoms with Gasteiger partial charge in [-0.2, -0.15) is 13.2 Å². The maximum Gasteiger partial charge on any atom is 0.417 e. The van der Waals surface area contributed by atoms with E-state index in [-0.39, 0.29) is 28.4 Å². The number of oxime groups is 1. The smallest absolute Gasteiger partial charge is 0.411 e. The van der Waals surface area contributed by atoms with Crippen molar-refractivity contribution in [3.05, 3.63) is 64.2 Å². The molecule has 1 aromatic carbocycles. The quantitative estimate of drug-likeness (QED) is 0.394. The highest BCUT2D eigenvalue weighted by molar-refractivity contribution is 6.34. The summed E-state index contributed by atoms with van der Waals surface area (Å²) in [7, 11) is 0. The van der Waals surface area contributed by atoms with Crippen molar-refractivity contribution < 1.29 is 22.8 Å². The summed E-state index contributed by atoms with van der Waals surface area (Å²) in [4.78, 5) is 3.68. The molecule has 2 aromatic rings. The van der Waals surface area contributed by atoms with Crippen LogP contribution in [0.2, 0.25) is 5.02 Å². The lowest BCUT2D eigenvalue weighted by Crippen LogP contribution is -2.10. The SMILES string of the molecule is ON=C(Cc1ccc(C(F)(F)F)cn1)c1ccc(F)cc1Cl. The molecule has 0 saturated heterocycles. The van der Waals surface area contributed by atoms with Crippen molar-refractivity contribution in [3.63, 3.8) is 0 Å². The third-order valence-corrected chi connectivity index (χ3v) is 3.18. The fourth-order valence-electron chi connectivity index (χ4n) is 1.78. The topological polar surface area (TPSA) is 45.5 Å². The highest BCUT2D eigenvalue weighted by Gasteiger charge is 2.30. The first-order valence-corrected chi connectivity index (χ1v) is 6.37. The van der Waals surface area contributed by atoms with Crippen LogP contribution in [0.4, 0.5) is 17.6 Å². The van der Waals surface area contributed by atoms with Gasteiger partial charge in [0.15, 0.2) is 0 Å². The Morgan fingerprint density at radius 2 is 1.95 bits per heavy atom. The first-order valence-electron chi connectivity index (χ1n) is 5.99. The average Bonchev–Trinajstić information content (AvgIpc) is 2.45. The van der Waals surface area contributed by atoms with Gasteiger partial charge in [0.2, 0.25) is 0 Å². The molecule has 0 fully saturated rings. The monoisotopic (exact) mass is 332 g/mol. The fourth-order valence-corrected chi connectivity index (χ4v) is 2.05. The standard InChI is InChI=1S/C14H9ClF4N2O/c15-12-5-9(16)2-4-11(12)13(21-22)6-10-3-1-8(7-20-10)14(17,18)19/h1-5,7,22H,6H2. The van der Waals surface area contributed by atoms with Crippen molar-refractivity contribution in [1.29, 1.82) is 0 Å². The molecule has 0 bridgehead atoms. The fraction of sp³-hybridized carbons (Fsp3) is 0.143. The van der Waals surface area contributed by atoms with E-state index in [9.17, 15) is 17.6 Å². The van der Waals surface area contributed by atoms with E-state index in [2.05, 4.69) is 10.1 Å². The summed E-state index contributed by atoms with van der Waals surface area (Å²) in [6, 6.07) is 5.54. The van der Waals surface area contributed by atoms with Crippen molar-refractivity contribution in [2.45, 2.75) is 12.6 Å². The molecular weight excluding hydrogens is 324 g/mol. The van der Waals surface area contributed by atoms with E-state index in [1.807, 2.05) is 0 Å². The van der Waals surface area contributed by atoms with Crippen molar-refractivity contribution in [3.8, 4) is 0 Å². The van der Waals surface area contributed by atoms with Gasteiger partial charge in [-0.3, -0.25) is 4.98 Å². The molecule has 8 heteroatoms. The van der Waals surface area contributed by atoms with E-state index in [1.165, 1.54) is 12.1 Å². The Morgan fingerprint density at radius 1 is 1.23 bits per heavy atom. The Labute approximate surface area is 127 Å². The lowest BCUT2D eigenvalue weighted by Gasteiger charge is -2.09. The molecule has 0 amide bonds. The zero-order valence-corrected chi connectivity index (χ0v) is 11.7. The molecule has 0 aliphatic heterocycles. The largest absolute Gasteiger partial charge is 0.417 e. The third-order valence-electron chi connectivity index (χ3n) is 2.86. The zero-order valence-electron chi connectivity index (χ0n) is 10.9. The lowest BCUT2D eigenvalue weighted by molar-refractivity contribution is -0.137. The summed E-state index contributed by atoms with van der Waals surface area (Å²) < 4.78 is 50.3. The van der Waals surface area contributed by atoms with Crippen LogP contribution in [-0.4, -0.2) is 15.9 Å². The van der Waals surface area contributed by atoms with Gasteiger partial charge < -0.3 is 5.21 Å². The minimum atomic E-state index is -4.47. The second-order valence-electron chi connectivity index (χ2n) is 4.38. The van der Waals surface area contributed by atoms with E-state index < -0.39 is 17.6 Å². The van der Waals surface area contributed by atoms with E-state index in [0.29, 0.717) is 6.20 Å². The van der Waals surface area contributed by atoms with Crippen LogP contribution in [-0.2, 0) is 12.6 Å². The van der Waals surface area contributed by atoms with Crippen molar-refractivity contribution in [1.82, 2.24) is 4.98 Å². The summed E-state index contributed by atoms with van der Waals surface area (Å²) in [5.74, 6) is -0.557. The van der Waals surface area contributed by atoms with Gasteiger partial charge in [0.1, 0.15) is 5.82 Å². The Bertz CT molecular complexity index is 699. The molecule has 0 radical (unpaired) electrons. The molecular formula is C14H9ClF4N2O. The number of halogens is 5. The van der Waals surface area contributed by atoms with Gasteiger partial charge >= 0.3 is 6.18 Å². The number of benzene rings is 1. The first-order chi connectivity index (χ1) is 10.3. The highest BCUT2D eigenvalue weighted by Crippen LogP contribution is 2.28. The van der Waals surface area contributed by atoms with Gasteiger partial charge in [-0.05, 0) is 30.3 Å². The number of nitrogens with zero attached hydrogens (tertiary/aromatic N) is 2. The van der Waals surface area contributed by atoms with E-state index in [0.717, 1.165) is 18.2 Å². The lowest BCUT2D eigenvalue weighted by atomic mass is 10.0. The molecule has 116 valence electrons. The van der Waals surface area contributed by atoms with Crippen molar-refractivity contribution in [2.75, 3.05) is 0 Å². The van der Waals surface area contributed by atoms with Gasteiger partial charge in [-0.15, -0.1) is 0 Å². The maximum absolute atomic E-state index is 13.0. The normalized spacial score (nSPS) is 12.5. The number of hydrogen-bond acceptors (Lipinski definition) is 3. The summed E-state index contributed by atoms with van der Waals surface area (Å²) in [6.07, 6.45) is -3.84. The van der Waals surface area contributed by atoms with Crippen LogP contribution >= 0.6 is 11.6 Å². The maximum atomic E-state index is 13.0. The summed E-state index contributed by atoms with van der Waals surface area (Å²) in [5.41, 5.74) is -0.288. The van der Waals surface area contributed by atoms with Crippen LogP contribution in [0.15, 0.2) is 41.7 Å². The van der Waals surface area contributed by atoms with Crippen LogP contribution in [0, 0.1) is 5.82 Å². The molecule has 1 aromatic heterocycles. The number of alkyl halides is 3. The Kier molecular flexibility index (Phi) is 4.65. The number of rotatable bonds is 3. The van der Waals surface area contributed by atoms with Crippen LogP contribution in [0.25, 0.3) is 0 Å². The van der Waals surface area contributed by atoms with E-state index >= 15 is 0 Å². The van der Waals surface area contributed by atoms with E-state index in [1.54, 1.807) is 0 Å². The first kappa shape index (κ1) is 16.2. The van der Waals surface area contributed by atoms with Crippen LogP contribution in [0.1, 0.15) is 16.8 Å². The second-order valence-corrected chi connectivity index (χ2v) is 4.79. The van der Waals surface area contributed by atoms with Gasteiger partial charge in [-0.25, -0.2) is 4.39 Å². The summed E-state index contributed by atoms with van der Waals surface area (Å²) in [5, 5.41) is 12.1. The molecule has 0 spiro atoms. The summed E-state index contributed by atoms with van der Waals surface area (Å²) >= 11 is 5.85. The molecule has 0 atom stereocenters. The highest BCUT2D eigenvalue weighted by atomic mass is 35.5. The molecule has 1 N–H and O–H groups in total. The zero-order chi connectivity index (χ0) is 16.3.